The summed E-state index contributed by atoms with van der Waals surface area (Å²) in [6, 6.07) is 10.3. The van der Waals surface area contributed by atoms with E-state index in [1.165, 1.54) is 5.56 Å². The molecule has 1 rings (SSSR count). The zero-order chi connectivity index (χ0) is 13.2. The monoisotopic (exact) mass is 267 g/mol. The Bertz CT molecular complexity index is 343. The molecule has 1 aromatic rings. The van der Waals surface area contributed by atoms with Crippen LogP contribution in [-0.4, -0.2) is 35.7 Å². The molecule has 1 unspecified atom stereocenters. The van der Waals surface area contributed by atoms with Crippen LogP contribution in [0.5, 0.6) is 0 Å². The van der Waals surface area contributed by atoms with E-state index in [2.05, 4.69) is 17.4 Å². The second-order valence-electron chi connectivity index (χ2n) is 4.38. The van der Waals surface area contributed by atoms with Gasteiger partial charge in [0.15, 0.2) is 0 Å². The Morgan fingerprint density at radius 2 is 2.11 bits per heavy atom. The number of hydrogen-bond donors (Lipinski definition) is 2. The molecule has 1 aromatic carbocycles. The molecule has 1 amide bonds. The average Bonchev–Trinajstić information content (AvgIpc) is 2.42. The lowest BCUT2D eigenvalue weighted by atomic mass is 10.2. The first kappa shape index (κ1) is 15.1. The van der Waals surface area contributed by atoms with Gasteiger partial charge in [-0.2, -0.15) is 11.8 Å². The number of aliphatic hydroxyl groups excluding tert-OH is 1. The lowest BCUT2D eigenvalue weighted by Gasteiger charge is -2.09. The van der Waals surface area contributed by atoms with Gasteiger partial charge in [-0.25, -0.2) is 0 Å². The van der Waals surface area contributed by atoms with Gasteiger partial charge >= 0.3 is 0 Å². The Balaban J connectivity index is 2.05. The van der Waals surface area contributed by atoms with Gasteiger partial charge in [0.1, 0.15) is 0 Å². The molecule has 0 saturated carbocycles. The van der Waals surface area contributed by atoms with E-state index in [1.54, 1.807) is 11.8 Å². The van der Waals surface area contributed by atoms with Crippen LogP contribution in [0.25, 0.3) is 0 Å². The normalized spacial score (nSPS) is 12.1. The maximum atomic E-state index is 11.5. The summed E-state index contributed by atoms with van der Waals surface area (Å²) in [5.74, 6) is 1.62. The van der Waals surface area contributed by atoms with Crippen molar-refractivity contribution < 1.29 is 9.90 Å². The number of benzene rings is 1. The molecular formula is C14H21NO2S. The molecule has 0 aromatic heterocycles. The van der Waals surface area contributed by atoms with E-state index < -0.39 is 0 Å². The number of nitrogens with one attached hydrogen (secondary N) is 1. The fraction of sp³-hybridized carbons (Fsp3) is 0.500. The molecular weight excluding hydrogens is 246 g/mol. The molecule has 0 fully saturated rings. The average molecular weight is 267 g/mol. The van der Waals surface area contributed by atoms with Gasteiger partial charge in [0.25, 0.3) is 0 Å². The van der Waals surface area contributed by atoms with E-state index >= 15 is 0 Å². The number of carbonyl (C=O) groups excluding carboxylic acids is 1. The predicted molar refractivity (Wildman–Crippen MR) is 76.7 cm³/mol. The summed E-state index contributed by atoms with van der Waals surface area (Å²) in [5, 5.41) is 11.6. The summed E-state index contributed by atoms with van der Waals surface area (Å²) in [6.07, 6.45) is 0.992. The molecule has 0 aliphatic heterocycles. The number of thioether (sulfide) groups is 1. The number of aliphatic hydroxyl groups is 1. The van der Waals surface area contributed by atoms with Crippen molar-refractivity contribution in [2.45, 2.75) is 13.3 Å². The van der Waals surface area contributed by atoms with Crippen LogP contribution in [0.3, 0.4) is 0 Å². The fourth-order valence-electron chi connectivity index (χ4n) is 1.40. The number of rotatable bonds is 8. The second kappa shape index (κ2) is 9.00. The predicted octanol–water partition coefficient (Wildman–Crippen LogP) is 1.71. The highest BCUT2D eigenvalue weighted by Gasteiger charge is 2.04. The van der Waals surface area contributed by atoms with Crippen molar-refractivity contribution in [3.63, 3.8) is 0 Å². The minimum atomic E-state index is 0.0494. The van der Waals surface area contributed by atoms with Crippen molar-refractivity contribution in [2.75, 3.05) is 24.7 Å². The number of aryl methyl sites for hydroxylation is 1. The van der Waals surface area contributed by atoms with Crippen LogP contribution in [0, 0.1) is 5.92 Å². The van der Waals surface area contributed by atoms with Gasteiger partial charge in [-0.1, -0.05) is 37.3 Å². The minimum absolute atomic E-state index is 0.0494. The van der Waals surface area contributed by atoms with Gasteiger partial charge in [-0.05, 0) is 23.7 Å². The van der Waals surface area contributed by atoms with Gasteiger partial charge in [0.05, 0.1) is 5.75 Å². The van der Waals surface area contributed by atoms with E-state index in [0.717, 1.165) is 12.2 Å². The van der Waals surface area contributed by atoms with Crippen molar-refractivity contribution in [3.8, 4) is 0 Å². The third-order valence-electron chi connectivity index (χ3n) is 2.57. The molecule has 0 radical (unpaired) electrons. The summed E-state index contributed by atoms with van der Waals surface area (Å²) in [7, 11) is 0. The van der Waals surface area contributed by atoms with Gasteiger partial charge in [0.2, 0.25) is 5.91 Å². The topological polar surface area (TPSA) is 49.3 Å². The van der Waals surface area contributed by atoms with E-state index in [4.69, 9.17) is 5.11 Å². The number of carbonyl (C=O) groups is 1. The van der Waals surface area contributed by atoms with E-state index in [0.29, 0.717) is 12.3 Å². The molecule has 100 valence electrons. The molecule has 18 heavy (non-hydrogen) atoms. The summed E-state index contributed by atoms with van der Waals surface area (Å²) >= 11 is 1.64. The molecule has 0 spiro atoms. The molecule has 0 saturated heterocycles. The van der Waals surface area contributed by atoms with Crippen molar-refractivity contribution >= 4 is 17.7 Å². The Labute approximate surface area is 113 Å². The SMILES string of the molecule is CC(CO)CNC(=O)CSCCc1ccccc1. The minimum Gasteiger partial charge on any atom is -0.396 e. The Hall–Kier alpha value is -1.00. The Kier molecular flexibility index (Phi) is 7.53. The molecule has 1 atom stereocenters. The first-order chi connectivity index (χ1) is 8.72. The van der Waals surface area contributed by atoms with Crippen LogP contribution < -0.4 is 5.32 Å². The third kappa shape index (κ3) is 6.67. The summed E-state index contributed by atoms with van der Waals surface area (Å²) < 4.78 is 0. The number of amides is 1. The molecule has 0 bridgehead atoms. The molecule has 0 aliphatic rings. The summed E-state index contributed by atoms with van der Waals surface area (Å²) in [5.41, 5.74) is 1.30. The summed E-state index contributed by atoms with van der Waals surface area (Å²) in [6.45, 7) is 2.57. The fourth-order valence-corrected chi connectivity index (χ4v) is 2.22. The van der Waals surface area contributed by atoms with E-state index in [9.17, 15) is 4.79 Å². The van der Waals surface area contributed by atoms with Crippen LogP contribution in [0.4, 0.5) is 0 Å². The smallest absolute Gasteiger partial charge is 0.230 e. The van der Waals surface area contributed by atoms with E-state index in [-0.39, 0.29) is 18.4 Å². The quantitative estimate of drug-likeness (QED) is 0.705. The van der Waals surface area contributed by atoms with Gasteiger partial charge < -0.3 is 10.4 Å². The molecule has 3 nitrogen and oxygen atoms in total. The van der Waals surface area contributed by atoms with Crippen LogP contribution in [0.1, 0.15) is 12.5 Å². The highest BCUT2D eigenvalue weighted by atomic mass is 32.2. The highest BCUT2D eigenvalue weighted by Crippen LogP contribution is 2.06. The van der Waals surface area contributed by atoms with Gasteiger partial charge in [-0.15, -0.1) is 0 Å². The van der Waals surface area contributed by atoms with E-state index in [1.807, 2.05) is 25.1 Å². The molecule has 0 heterocycles. The third-order valence-corrected chi connectivity index (χ3v) is 3.53. The maximum Gasteiger partial charge on any atom is 0.230 e. The maximum absolute atomic E-state index is 11.5. The van der Waals surface area contributed by atoms with Crippen molar-refractivity contribution in [3.05, 3.63) is 35.9 Å². The van der Waals surface area contributed by atoms with Crippen molar-refractivity contribution in [1.29, 1.82) is 0 Å². The molecule has 4 heteroatoms. The Morgan fingerprint density at radius 3 is 2.78 bits per heavy atom. The zero-order valence-electron chi connectivity index (χ0n) is 10.8. The van der Waals surface area contributed by atoms with Crippen LogP contribution >= 0.6 is 11.8 Å². The zero-order valence-corrected chi connectivity index (χ0v) is 11.6. The molecule has 0 aliphatic carbocycles. The second-order valence-corrected chi connectivity index (χ2v) is 5.49. The largest absolute Gasteiger partial charge is 0.396 e. The molecule has 2 N–H and O–H groups in total. The van der Waals surface area contributed by atoms with Crippen molar-refractivity contribution in [1.82, 2.24) is 5.32 Å². The number of hydrogen-bond acceptors (Lipinski definition) is 3. The standard InChI is InChI=1S/C14H21NO2S/c1-12(10-16)9-15-14(17)11-18-8-7-13-5-3-2-4-6-13/h2-6,12,16H,7-11H2,1H3,(H,15,17). The first-order valence-corrected chi connectivity index (χ1v) is 7.37. The van der Waals surface area contributed by atoms with Crippen molar-refractivity contribution in [2.24, 2.45) is 5.92 Å². The lowest BCUT2D eigenvalue weighted by molar-refractivity contribution is -0.118. The first-order valence-electron chi connectivity index (χ1n) is 6.21. The van der Waals surface area contributed by atoms with Crippen LogP contribution in [0.2, 0.25) is 0 Å². The van der Waals surface area contributed by atoms with Crippen LogP contribution in [-0.2, 0) is 11.2 Å². The summed E-state index contributed by atoms with van der Waals surface area (Å²) in [4.78, 5) is 11.5. The Morgan fingerprint density at radius 1 is 1.39 bits per heavy atom. The van der Waals surface area contributed by atoms with Gasteiger partial charge in [-0.3, -0.25) is 4.79 Å². The van der Waals surface area contributed by atoms with Gasteiger partial charge in [0, 0.05) is 13.2 Å². The van der Waals surface area contributed by atoms with Crippen LogP contribution in [0.15, 0.2) is 30.3 Å². The highest BCUT2D eigenvalue weighted by molar-refractivity contribution is 7.99. The lowest BCUT2D eigenvalue weighted by Crippen LogP contribution is -2.30.